The molecule has 10 aromatic rings. The fraction of sp³-hybridized carbons (Fsp3) is 0.0204. The van der Waals surface area contributed by atoms with E-state index in [1.165, 1.54) is 0 Å². The largest absolute Gasteiger partial charge is 0.456 e. The highest BCUT2D eigenvalue weighted by molar-refractivity contribution is 7.21. The number of nitrogen functional groups attached to an aromatic ring is 1. The summed E-state index contributed by atoms with van der Waals surface area (Å²) in [5.41, 5.74) is 16.3. The van der Waals surface area contributed by atoms with Crippen LogP contribution in [0.3, 0.4) is 0 Å². The molecule has 0 radical (unpaired) electrons. The molecule has 0 saturated heterocycles. The quantitative estimate of drug-likeness (QED) is 0.165. The Kier molecular flexibility index (Phi) is 9.19. The summed E-state index contributed by atoms with van der Waals surface area (Å²) < 4.78 is 7.27. The molecule has 0 atom stereocenters. The van der Waals surface area contributed by atoms with Crippen molar-refractivity contribution in [3.63, 3.8) is 0 Å². The number of rotatable bonds is 6. The van der Waals surface area contributed by atoms with Crippen LogP contribution in [0.5, 0.6) is 0 Å². The van der Waals surface area contributed by atoms with Crippen molar-refractivity contribution in [2.75, 3.05) is 5.73 Å². The molecule has 7 aromatic carbocycles. The van der Waals surface area contributed by atoms with Crippen LogP contribution in [0.2, 0.25) is 0 Å². The number of benzene rings is 7. The third-order valence-corrected chi connectivity index (χ3v) is 11.0. The lowest BCUT2D eigenvalue weighted by atomic mass is 10.00. The molecule has 56 heavy (non-hydrogen) atoms. The molecule has 0 unspecified atom stereocenters. The monoisotopic (exact) mass is 741 g/mol. The molecule has 3 heterocycles. The second-order valence-electron chi connectivity index (χ2n) is 13.4. The zero-order valence-electron chi connectivity index (χ0n) is 30.5. The second kappa shape index (κ2) is 14.9. The van der Waals surface area contributed by atoms with Crippen molar-refractivity contribution in [3.8, 4) is 45.3 Å². The molecular weight excluding hydrogens is 707 g/mol. The molecule has 0 aliphatic heterocycles. The summed E-state index contributed by atoms with van der Waals surface area (Å²) in [6.45, 7) is 2.10. The summed E-state index contributed by atoms with van der Waals surface area (Å²) in [5, 5.41) is 11.8. The van der Waals surface area contributed by atoms with Crippen molar-refractivity contribution < 1.29 is 4.42 Å². The van der Waals surface area contributed by atoms with Gasteiger partial charge < -0.3 is 10.2 Å². The standard InChI is InChI=1S/C28H19N3O.C21H16N2S/c1-18-10-8-16-22-24(18)25-21(15-9-17-23(25)32-22)28-30-26(19-11-4-2-5-12-19)29-27(31-28)20-13-6-3-7-14-20;22-19(21-20(23)17-11-4-5-12-18(17)24-21)16-10-6-9-15(13-16)14-7-2-1-3-8-14/h2-17H,1H3;1-13,22H,23H2. The molecule has 0 aliphatic rings. The molecule has 10 rings (SSSR count). The first kappa shape index (κ1) is 34.5. The van der Waals surface area contributed by atoms with Crippen molar-refractivity contribution in [1.29, 1.82) is 5.41 Å². The van der Waals surface area contributed by atoms with Gasteiger partial charge in [-0.2, -0.15) is 0 Å². The van der Waals surface area contributed by atoms with Crippen LogP contribution < -0.4 is 5.73 Å². The number of thiophene rings is 1. The minimum absolute atomic E-state index is 0.478. The van der Waals surface area contributed by atoms with Crippen LogP contribution in [0.4, 0.5) is 5.69 Å². The number of aryl methyl sites for hydroxylation is 1. The van der Waals surface area contributed by atoms with E-state index in [4.69, 9.17) is 30.5 Å². The fourth-order valence-corrected chi connectivity index (χ4v) is 8.12. The Morgan fingerprint density at radius 2 is 1.07 bits per heavy atom. The highest BCUT2D eigenvalue weighted by Crippen LogP contribution is 2.38. The van der Waals surface area contributed by atoms with Gasteiger partial charge in [-0.15, -0.1) is 11.3 Å². The normalized spacial score (nSPS) is 11.1. The van der Waals surface area contributed by atoms with E-state index >= 15 is 0 Å². The maximum Gasteiger partial charge on any atom is 0.164 e. The number of aromatic nitrogens is 3. The summed E-state index contributed by atoms with van der Waals surface area (Å²) >= 11 is 1.58. The number of hydrogen-bond acceptors (Lipinski definition) is 7. The molecule has 0 spiro atoms. The highest BCUT2D eigenvalue weighted by Gasteiger charge is 2.19. The first-order valence-corrected chi connectivity index (χ1v) is 19.1. The summed E-state index contributed by atoms with van der Waals surface area (Å²) in [4.78, 5) is 15.4. The number of anilines is 1. The van der Waals surface area contributed by atoms with Crippen molar-refractivity contribution >= 4 is 54.8 Å². The lowest BCUT2D eigenvalue weighted by Gasteiger charge is -2.09. The summed E-state index contributed by atoms with van der Waals surface area (Å²) in [7, 11) is 0. The minimum Gasteiger partial charge on any atom is -0.456 e. The zero-order chi connectivity index (χ0) is 38.0. The molecule has 0 bridgehead atoms. The molecule has 3 N–H and O–H groups in total. The van der Waals surface area contributed by atoms with Gasteiger partial charge in [0.15, 0.2) is 17.5 Å². The van der Waals surface area contributed by atoms with Gasteiger partial charge in [0.2, 0.25) is 0 Å². The number of nitrogens with zero attached hydrogens (tertiary/aromatic N) is 3. The third kappa shape index (κ3) is 6.61. The number of fused-ring (bicyclic) bond motifs is 4. The van der Waals surface area contributed by atoms with E-state index in [-0.39, 0.29) is 0 Å². The number of furan rings is 1. The molecule has 0 saturated carbocycles. The topological polar surface area (TPSA) is 102 Å². The van der Waals surface area contributed by atoms with Crippen molar-refractivity contribution in [3.05, 3.63) is 192 Å². The molecule has 268 valence electrons. The van der Waals surface area contributed by atoms with E-state index in [0.29, 0.717) is 28.9 Å². The Balaban J connectivity index is 0.000000153. The molecule has 0 aliphatic carbocycles. The van der Waals surface area contributed by atoms with E-state index in [1.807, 2.05) is 140 Å². The van der Waals surface area contributed by atoms with Crippen LogP contribution in [-0.4, -0.2) is 20.7 Å². The SMILES string of the molecule is Cc1cccc2oc3cccc(-c4nc(-c5ccccc5)nc(-c5ccccc5)n4)c3c12.N=C(c1cccc(-c2ccccc2)c1)c1sc2ccccc2c1N. The van der Waals surface area contributed by atoms with E-state index in [2.05, 4.69) is 43.3 Å². The van der Waals surface area contributed by atoms with Gasteiger partial charge in [-0.05, 0) is 47.9 Å². The highest BCUT2D eigenvalue weighted by atomic mass is 32.1. The van der Waals surface area contributed by atoms with Crippen molar-refractivity contribution in [2.24, 2.45) is 0 Å². The van der Waals surface area contributed by atoms with Gasteiger partial charge in [0.25, 0.3) is 0 Å². The van der Waals surface area contributed by atoms with E-state index < -0.39 is 0 Å². The second-order valence-corrected chi connectivity index (χ2v) is 14.5. The molecular formula is C49H35N5OS. The Morgan fingerprint density at radius 1 is 0.536 bits per heavy atom. The van der Waals surface area contributed by atoms with Crippen molar-refractivity contribution in [2.45, 2.75) is 6.92 Å². The zero-order valence-corrected chi connectivity index (χ0v) is 31.3. The third-order valence-electron chi connectivity index (χ3n) is 9.79. The van der Waals surface area contributed by atoms with Gasteiger partial charge in [0, 0.05) is 43.1 Å². The molecule has 3 aromatic heterocycles. The van der Waals surface area contributed by atoms with E-state index in [1.54, 1.807) is 11.3 Å². The van der Waals surface area contributed by atoms with Crippen LogP contribution >= 0.6 is 11.3 Å². The molecule has 0 fully saturated rings. The minimum atomic E-state index is 0.478. The van der Waals surface area contributed by atoms with E-state index in [0.717, 1.165) is 75.8 Å². The summed E-state index contributed by atoms with van der Waals surface area (Å²) in [6.07, 6.45) is 0. The predicted octanol–water partition coefficient (Wildman–Crippen LogP) is 12.6. The fourth-order valence-electron chi connectivity index (χ4n) is 7.02. The Hall–Kier alpha value is -7.22. The lowest BCUT2D eigenvalue weighted by Crippen LogP contribution is -2.02. The van der Waals surface area contributed by atoms with Gasteiger partial charge in [-0.25, -0.2) is 15.0 Å². The van der Waals surface area contributed by atoms with Gasteiger partial charge >= 0.3 is 0 Å². The van der Waals surface area contributed by atoms with Crippen LogP contribution in [0.25, 0.3) is 77.3 Å². The number of nitrogens with two attached hydrogens (primary N) is 1. The predicted molar refractivity (Wildman–Crippen MR) is 232 cm³/mol. The molecule has 6 nitrogen and oxygen atoms in total. The van der Waals surface area contributed by atoms with Crippen LogP contribution in [0.1, 0.15) is 16.0 Å². The van der Waals surface area contributed by atoms with Crippen LogP contribution in [0, 0.1) is 12.3 Å². The summed E-state index contributed by atoms with van der Waals surface area (Å²) in [6, 6.07) is 58.6. The van der Waals surface area contributed by atoms with Gasteiger partial charge in [-0.1, -0.05) is 152 Å². The number of nitrogens with one attached hydrogen (secondary N) is 1. The average Bonchev–Trinajstić information content (AvgIpc) is 3.83. The van der Waals surface area contributed by atoms with Crippen LogP contribution in [-0.2, 0) is 0 Å². The lowest BCUT2D eigenvalue weighted by molar-refractivity contribution is 0.669. The Bertz CT molecular complexity index is 2950. The number of hydrogen-bond donors (Lipinski definition) is 2. The molecule has 7 heteroatoms. The van der Waals surface area contributed by atoms with Gasteiger partial charge in [-0.3, -0.25) is 5.41 Å². The van der Waals surface area contributed by atoms with Crippen LogP contribution in [0.15, 0.2) is 180 Å². The van der Waals surface area contributed by atoms with Crippen molar-refractivity contribution in [1.82, 2.24) is 15.0 Å². The molecule has 0 amide bonds. The Morgan fingerprint density at radius 3 is 1.73 bits per heavy atom. The van der Waals surface area contributed by atoms with E-state index in [9.17, 15) is 0 Å². The first-order valence-electron chi connectivity index (χ1n) is 18.3. The smallest absolute Gasteiger partial charge is 0.164 e. The average molecular weight is 742 g/mol. The first-order chi connectivity index (χ1) is 27.5. The van der Waals surface area contributed by atoms with Gasteiger partial charge in [0.05, 0.1) is 16.3 Å². The maximum atomic E-state index is 8.63. The summed E-state index contributed by atoms with van der Waals surface area (Å²) in [5.74, 6) is 1.93. The Labute approximate surface area is 328 Å². The van der Waals surface area contributed by atoms with Gasteiger partial charge in [0.1, 0.15) is 11.2 Å². The maximum absolute atomic E-state index is 8.63.